The third kappa shape index (κ3) is 11.1. The standard InChI is InChI=1S/C36H52O12S/c1-7-43-33(37)36(34(38)44-8-2,21-11-12-22-48-49(6,39)40)20-10-9-13-31-30-19-18-29(47-26-42-5)23-32(30)45-24-35(31,3)27-14-16-28(17-15-27)46-25-41-4/h14-19,23,31H,7-13,20-22,24-26H2,1-6H3. The van der Waals surface area contributed by atoms with Crippen molar-refractivity contribution >= 4 is 22.1 Å². The highest BCUT2D eigenvalue weighted by molar-refractivity contribution is 7.85. The first-order valence-electron chi connectivity index (χ1n) is 16.7. The predicted octanol–water partition coefficient (Wildman–Crippen LogP) is 5.91. The molecule has 0 N–H and O–H groups in total. The number of methoxy groups -OCH3 is 2. The molecule has 0 radical (unpaired) electrons. The second-order valence-corrected chi connectivity index (χ2v) is 14.0. The largest absolute Gasteiger partial charge is 0.492 e. The van der Waals surface area contributed by atoms with Gasteiger partial charge in [-0.1, -0.05) is 38.0 Å². The fourth-order valence-electron chi connectivity index (χ4n) is 6.30. The Bertz CT molecular complexity index is 1420. The van der Waals surface area contributed by atoms with Gasteiger partial charge in [0, 0.05) is 31.6 Å². The van der Waals surface area contributed by atoms with E-state index in [1.165, 1.54) is 0 Å². The number of hydrogen-bond acceptors (Lipinski definition) is 12. The second kappa shape index (κ2) is 19.1. The molecule has 12 nitrogen and oxygen atoms in total. The predicted molar refractivity (Wildman–Crippen MR) is 182 cm³/mol. The fourth-order valence-corrected chi connectivity index (χ4v) is 6.72. The lowest BCUT2D eigenvalue weighted by Crippen LogP contribution is -2.42. The molecule has 2 aromatic carbocycles. The average molecular weight is 709 g/mol. The third-order valence-corrected chi connectivity index (χ3v) is 9.43. The molecule has 49 heavy (non-hydrogen) atoms. The molecule has 3 rings (SSSR count). The maximum Gasteiger partial charge on any atom is 0.323 e. The average Bonchev–Trinajstić information content (AvgIpc) is 3.07. The molecule has 0 saturated heterocycles. The van der Waals surface area contributed by atoms with Gasteiger partial charge in [0.2, 0.25) is 0 Å². The summed E-state index contributed by atoms with van der Waals surface area (Å²) >= 11 is 0. The number of unbranched alkanes of at least 4 members (excludes halogenated alkanes) is 2. The van der Waals surface area contributed by atoms with Crippen LogP contribution in [0.15, 0.2) is 42.5 Å². The summed E-state index contributed by atoms with van der Waals surface area (Å²) in [5.74, 6) is 0.834. The summed E-state index contributed by atoms with van der Waals surface area (Å²) in [7, 11) is -0.462. The zero-order chi connectivity index (χ0) is 35.9. The van der Waals surface area contributed by atoms with Crippen LogP contribution in [0, 0.1) is 5.41 Å². The number of carbonyl (C=O) groups is 2. The summed E-state index contributed by atoms with van der Waals surface area (Å²) in [5.41, 5.74) is 0.183. The minimum absolute atomic E-state index is 0.0196. The van der Waals surface area contributed by atoms with Crippen molar-refractivity contribution in [3.05, 3.63) is 53.6 Å². The normalized spacial score (nSPS) is 17.5. The summed E-state index contributed by atoms with van der Waals surface area (Å²) in [5, 5.41) is 0. The first kappa shape index (κ1) is 40.0. The van der Waals surface area contributed by atoms with E-state index >= 15 is 0 Å². The van der Waals surface area contributed by atoms with Crippen LogP contribution >= 0.6 is 0 Å². The molecule has 0 aromatic heterocycles. The molecule has 2 atom stereocenters. The molecule has 0 fully saturated rings. The van der Waals surface area contributed by atoms with Gasteiger partial charge in [0.05, 0.1) is 32.7 Å². The summed E-state index contributed by atoms with van der Waals surface area (Å²) in [4.78, 5) is 26.9. The molecule has 1 heterocycles. The van der Waals surface area contributed by atoms with Crippen LogP contribution in [0.25, 0.3) is 0 Å². The van der Waals surface area contributed by atoms with E-state index in [0.717, 1.165) is 29.6 Å². The van der Waals surface area contributed by atoms with Crippen LogP contribution in [-0.2, 0) is 48.3 Å². The summed E-state index contributed by atoms with van der Waals surface area (Å²) in [6.07, 6.45) is 4.03. The molecule has 0 spiro atoms. The Balaban J connectivity index is 1.87. The van der Waals surface area contributed by atoms with Crippen molar-refractivity contribution in [3.8, 4) is 17.2 Å². The van der Waals surface area contributed by atoms with Crippen LogP contribution in [0.4, 0.5) is 0 Å². The van der Waals surface area contributed by atoms with Crippen LogP contribution in [-0.4, -0.2) is 80.8 Å². The number of ether oxygens (including phenoxy) is 7. The molecular formula is C36H52O12S. The van der Waals surface area contributed by atoms with E-state index in [1.807, 2.05) is 42.5 Å². The van der Waals surface area contributed by atoms with Gasteiger partial charge in [0.15, 0.2) is 19.0 Å². The Hall–Kier alpha value is -3.39. The van der Waals surface area contributed by atoms with E-state index in [9.17, 15) is 18.0 Å². The quantitative estimate of drug-likeness (QED) is 0.0472. The van der Waals surface area contributed by atoms with Gasteiger partial charge in [0.1, 0.15) is 17.2 Å². The molecule has 0 aliphatic carbocycles. The molecule has 1 aliphatic rings. The third-order valence-electron chi connectivity index (χ3n) is 8.83. The van der Waals surface area contributed by atoms with Crippen LogP contribution < -0.4 is 14.2 Å². The van der Waals surface area contributed by atoms with E-state index in [1.54, 1.807) is 28.1 Å². The number of esters is 2. The Morgan fingerprint density at radius 2 is 1.43 bits per heavy atom. The first-order valence-corrected chi connectivity index (χ1v) is 18.5. The van der Waals surface area contributed by atoms with Crippen molar-refractivity contribution in [1.82, 2.24) is 0 Å². The first-order chi connectivity index (χ1) is 23.4. The summed E-state index contributed by atoms with van der Waals surface area (Å²) in [6.45, 7) is 6.43. The molecule has 0 bridgehead atoms. The molecule has 1 aliphatic heterocycles. The van der Waals surface area contributed by atoms with E-state index in [-0.39, 0.29) is 52.2 Å². The van der Waals surface area contributed by atoms with Gasteiger partial charge in [-0.3, -0.25) is 13.8 Å². The lowest BCUT2D eigenvalue weighted by Gasteiger charge is -2.43. The van der Waals surface area contributed by atoms with Crippen molar-refractivity contribution in [3.63, 3.8) is 0 Å². The van der Waals surface area contributed by atoms with E-state index in [2.05, 4.69) is 6.92 Å². The topological polar surface area (TPSA) is 142 Å². The SMILES string of the molecule is CCOC(=O)C(CCCCOS(C)(=O)=O)(CCCCC1c2ccc(OCOC)cc2OCC1(C)c1ccc(OCOC)cc1)C(=O)OCC. The van der Waals surface area contributed by atoms with Crippen LogP contribution in [0.1, 0.15) is 82.8 Å². The number of carbonyl (C=O) groups excluding carboxylic acids is 2. The molecule has 274 valence electrons. The van der Waals surface area contributed by atoms with E-state index in [4.69, 9.17) is 37.3 Å². The van der Waals surface area contributed by atoms with Gasteiger partial charge in [-0.05, 0) is 75.3 Å². The minimum Gasteiger partial charge on any atom is -0.492 e. The Morgan fingerprint density at radius 1 is 0.857 bits per heavy atom. The van der Waals surface area contributed by atoms with Gasteiger partial charge in [0.25, 0.3) is 10.1 Å². The Labute approximate surface area is 290 Å². The van der Waals surface area contributed by atoms with Gasteiger partial charge < -0.3 is 33.2 Å². The fraction of sp³-hybridized carbons (Fsp3) is 0.611. The molecule has 2 aromatic rings. The summed E-state index contributed by atoms with van der Waals surface area (Å²) < 4.78 is 66.3. The van der Waals surface area contributed by atoms with E-state index in [0.29, 0.717) is 43.8 Å². The lowest BCUT2D eigenvalue weighted by molar-refractivity contribution is -0.173. The van der Waals surface area contributed by atoms with Crippen LogP contribution in [0.3, 0.4) is 0 Å². The van der Waals surface area contributed by atoms with Gasteiger partial charge in [-0.15, -0.1) is 0 Å². The summed E-state index contributed by atoms with van der Waals surface area (Å²) in [6, 6.07) is 13.7. The van der Waals surface area contributed by atoms with Crippen molar-refractivity contribution in [2.75, 3.05) is 60.5 Å². The number of fused-ring (bicyclic) bond motifs is 1. The Morgan fingerprint density at radius 3 is 2.00 bits per heavy atom. The smallest absolute Gasteiger partial charge is 0.323 e. The van der Waals surface area contributed by atoms with Gasteiger partial charge in [-0.2, -0.15) is 8.42 Å². The van der Waals surface area contributed by atoms with Gasteiger partial charge >= 0.3 is 11.9 Å². The lowest BCUT2D eigenvalue weighted by atomic mass is 9.66. The molecular weight excluding hydrogens is 656 g/mol. The zero-order valence-corrected chi connectivity index (χ0v) is 30.4. The number of hydrogen-bond donors (Lipinski definition) is 0. The molecule has 0 saturated carbocycles. The molecule has 13 heteroatoms. The minimum atomic E-state index is -3.60. The van der Waals surface area contributed by atoms with Crippen molar-refractivity contribution < 1.29 is 55.3 Å². The number of benzene rings is 2. The monoisotopic (exact) mass is 708 g/mol. The highest BCUT2D eigenvalue weighted by Crippen LogP contribution is 2.50. The molecule has 0 amide bonds. The maximum absolute atomic E-state index is 13.4. The zero-order valence-electron chi connectivity index (χ0n) is 29.6. The van der Waals surface area contributed by atoms with E-state index < -0.39 is 32.9 Å². The van der Waals surface area contributed by atoms with Crippen LogP contribution in [0.5, 0.6) is 17.2 Å². The highest BCUT2D eigenvalue weighted by atomic mass is 32.2. The Kier molecular flexibility index (Phi) is 15.6. The molecule has 2 unspecified atom stereocenters. The van der Waals surface area contributed by atoms with Crippen molar-refractivity contribution in [2.24, 2.45) is 5.41 Å². The highest BCUT2D eigenvalue weighted by Gasteiger charge is 2.48. The van der Waals surface area contributed by atoms with Gasteiger partial charge in [-0.25, -0.2) is 0 Å². The van der Waals surface area contributed by atoms with Crippen LogP contribution in [0.2, 0.25) is 0 Å². The number of rotatable bonds is 22. The van der Waals surface area contributed by atoms with Crippen molar-refractivity contribution in [1.29, 1.82) is 0 Å². The van der Waals surface area contributed by atoms with Crippen molar-refractivity contribution in [2.45, 2.75) is 77.0 Å². The second-order valence-electron chi connectivity index (χ2n) is 12.3. The maximum atomic E-state index is 13.4.